The normalized spacial score (nSPS) is 16.8. The highest BCUT2D eigenvalue weighted by atomic mass is 16.5. The summed E-state index contributed by atoms with van der Waals surface area (Å²) in [5.41, 5.74) is 3.99. The molecule has 4 atom stereocenters. The van der Waals surface area contributed by atoms with Crippen LogP contribution in [0.5, 0.6) is 34.5 Å². The number of nitrogens with zero attached hydrogens (tertiary/aromatic N) is 2. The van der Waals surface area contributed by atoms with Crippen LogP contribution in [0.15, 0.2) is 72.8 Å². The molecule has 19 heteroatoms. The summed E-state index contributed by atoms with van der Waals surface area (Å²) < 4.78 is 40.0. The first-order valence-corrected chi connectivity index (χ1v) is 26.9. The molecular formula is C59H73N5O14. The molecule has 2 saturated heterocycles. The lowest BCUT2D eigenvalue weighted by Crippen LogP contribution is -2.52. The molecule has 3 N–H and O–H groups in total. The molecule has 4 aromatic carbocycles. The van der Waals surface area contributed by atoms with Crippen LogP contribution < -0.4 is 44.4 Å². The number of carbonyl (C=O) groups excluding carboxylic acids is 7. The Hall–Kier alpha value is -7.83. The molecule has 6 amide bonds. The molecule has 78 heavy (non-hydrogen) atoms. The Morgan fingerprint density at radius 3 is 2.15 bits per heavy atom. The molecule has 4 aromatic rings. The van der Waals surface area contributed by atoms with Gasteiger partial charge in [-0.05, 0) is 123 Å². The summed E-state index contributed by atoms with van der Waals surface area (Å²) in [6, 6.07) is 19.9. The lowest BCUT2D eigenvalue weighted by molar-refractivity contribution is -0.162. The van der Waals surface area contributed by atoms with E-state index < -0.39 is 36.0 Å². The maximum absolute atomic E-state index is 14.5. The van der Waals surface area contributed by atoms with E-state index >= 15 is 0 Å². The van der Waals surface area contributed by atoms with Gasteiger partial charge in [-0.15, -0.1) is 0 Å². The van der Waals surface area contributed by atoms with Crippen molar-refractivity contribution in [3.63, 3.8) is 0 Å². The van der Waals surface area contributed by atoms with Crippen LogP contribution in [0.3, 0.4) is 0 Å². The van der Waals surface area contributed by atoms with E-state index in [-0.39, 0.29) is 55.5 Å². The van der Waals surface area contributed by atoms with Crippen LogP contribution in [0.25, 0.3) is 0 Å². The van der Waals surface area contributed by atoms with Gasteiger partial charge in [-0.25, -0.2) is 4.79 Å². The Bertz CT molecular complexity index is 2760. The minimum Gasteiger partial charge on any atom is -0.493 e. The van der Waals surface area contributed by atoms with Gasteiger partial charge in [0.15, 0.2) is 29.6 Å². The summed E-state index contributed by atoms with van der Waals surface area (Å²) in [5, 5.41) is 8.15. The van der Waals surface area contributed by atoms with Gasteiger partial charge in [0, 0.05) is 49.3 Å². The van der Waals surface area contributed by atoms with E-state index in [9.17, 15) is 33.6 Å². The molecule has 19 nitrogen and oxygen atoms in total. The average molecular weight is 1080 g/mol. The second-order valence-electron chi connectivity index (χ2n) is 19.6. The summed E-state index contributed by atoms with van der Waals surface area (Å²) in [6.07, 6.45) is 7.37. The Labute approximate surface area is 455 Å². The largest absolute Gasteiger partial charge is 0.493 e. The molecule has 0 spiro atoms. The highest BCUT2D eigenvalue weighted by Gasteiger charge is 2.41. The third-order valence-corrected chi connectivity index (χ3v) is 14.6. The van der Waals surface area contributed by atoms with Gasteiger partial charge in [0.1, 0.15) is 23.9 Å². The number of esters is 1. The van der Waals surface area contributed by atoms with Gasteiger partial charge in [-0.2, -0.15) is 0 Å². The third-order valence-electron chi connectivity index (χ3n) is 14.6. The number of fused-ring (bicyclic) bond motifs is 1. The molecule has 1 unspecified atom stereocenters. The number of unbranched alkanes of at least 4 members (excludes halogenated alkanes) is 4. The number of methoxy groups -OCH3 is 5. The van der Waals surface area contributed by atoms with E-state index in [1.807, 2.05) is 37.3 Å². The van der Waals surface area contributed by atoms with Crippen molar-refractivity contribution in [2.45, 2.75) is 127 Å². The second-order valence-corrected chi connectivity index (χ2v) is 19.6. The maximum atomic E-state index is 14.5. The summed E-state index contributed by atoms with van der Waals surface area (Å²) in [6.45, 7) is 2.78. The van der Waals surface area contributed by atoms with Crippen molar-refractivity contribution in [2.24, 2.45) is 0 Å². The first-order valence-electron chi connectivity index (χ1n) is 26.9. The SMILES string of the molecule is CC[C@H](C(=O)N1CCCC[C@H]1C(=O)O[C@H](CCc1ccc(OC)c(OC)c1)c1ccc(OCC(=O)NCCCCCCCC(=O)Nc2cccc3c2CN(C2CCC(=O)NC2=O)C3=O)cc1)c1cc(OC)c(OC)c(OC)c1. The smallest absolute Gasteiger partial charge is 0.329 e. The number of likely N-dealkylation sites (tertiary alicyclic amines) is 1. The van der Waals surface area contributed by atoms with Gasteiger partial charge in [0.25, 0.3) is 11.8 Å². The lowest BCUT2D eigenvalue weighted by atomic mass is 9.91. The summed E-state index contributed by atoms with van der Waals surface area (Å²) in [7, 11) is 7.73. The van der Waals surface area contributed by atoms with Crippen LogP contribution in [0.1, 0.15) is 135 Å². The van der Waals surface area contributed by atoms with Gasteiger partial charge in [0.2, 0.25) is 29.4 Å². The van der Waals surface area contributed by atoms with Crippen LogP contribution in [0.4, 0.5) is 5.69 Å². The van der Waals surface area contributed by atoms with E-state index in [2.05, 4.69) is 16.0 Å². The van der Waals surface area contributed by atoms with E-state index in [0.717, 1.165) is 49.7 Å². The maximum Gasteiger partial charge on any atom is 0.329 e. The second kappa shape index (κ2) is 28.0. The Morgan fingerprint density at radius 1 is 0.744 bits per heavy atom. The topological polar surface area (TPSA) is 227 Å². The minimum absolute atomic E-state index is 0.162. The number of hydrogen-bond acceptors (Lipinski definition) is 14. The zero-order chi connectivity index (χ0) is 55.7. The van der Waals surface area contributed by atoms with E-state index in [0.29, 0.717) is 108 Å². The Morgan fingerprint density at radius 2 is 1.46 bits per heavy atom. The van der Waals surface area contributed by atoms with Crippen molar-refractivity contribution in [1.82, 2.24) is 20.4 Å². The Kier molecular flexibility index (Phi) is 20.8. The fourth-order valence-electron chi connectivity index (χ4n) is 10.4. The Balaban J connectivity index is 0.878. The first-order chi connectivity index (χ1) is 37.8. The fraction of sp³-hybridized carbons (Fsp3) is 0.475. The van der Waals surface area contributed by atoms with Crippen LogP contribution in [0, 0.1) is 0 Å². The molecule has 3 heterocycles. The lowest BCUT2D eigenvalue weighted by Gasteiger charge is -2.37. The van der Waals surface area contributed by atoms with Crippen molar-refractivity contribution in [3.05, 3.63) is 101 Å². The zero-order valence-electron chi connectivity index (χ0n) is 45.6. The number of carbonyl (C=O) groups is 7. The molecule has 3 aliphatic rings. The van der Waals surface area contributed by atoms with Crippen molar-refractivity contribution in [1.29, 1.82) is 0 Å². The third kappa shape index (κ3) is 14.4. The van der Waals surface area contributed by atoms with Crippen molar-refractivity contribution < 1.29 is 66.7 Å². The van der Waals surface area contributed by atoms with Crippen molar-refractivity contribution in [3.8, 4) is 34.5 Å². The summed E-state index contributed by atoms with van der Waals surface area (Å²) in [4.78, 5) is 95.0. The van der Waals surface area contributed by atoms with Gasteiger partial charge in [-0.1, -0.05) is 50.5 Å². The number of hydrogen-bond donors (Lipinski definition) is 3. The molecule has 7 rings (SSSR count). The molecule has 0 aliphatic carbocycles. The number of anilines is 1. The average Bonchev–Trinajstić information content (AvgIpc) is 3.84. The molecular weight excluding hydrogens is 1000 g/mol. The predicted octanol–water partition coefficient (Wildman–Crippen LogP) is 7.76. The number of amides is 6. The van der Waals surface area contributed by atoms with Crippen molar-refractivity contribution >= 4 is 47.1 Å². The van der Waals surface area contributed by atoms with Gasteiger partial charge in [-0.3, -0.25) is 34.1 Å². The first kappa shape index (κ1) is 57.9. The summed E-state index contributed by atoms with van der Waals surface area (Å²) >= 11 is 0. The molecule has 0 radical (unpaired) electrons. The highest BCUT2D eigenvalue weighted by Crippen LogP contribution is 2.42. The molecule has 2 fully saturated rings. The molecule has 0 aromatic heterocycles. The highest BCUT2D eigenvalue weighted by molar-refractivity contribution is 6.07. The van der Waals surface area contributed by atoms with E-state index in [1.54, 1.807) is 61.6 Å². The van der Waals surface area contributed by atoms with Crippen molar-refractivity contribution in [2.75, 3.05) is 60.6 Å². The number of ether oxygens (including phenoxy) is 7. The quantitative estimate of drug-likeness (QED) is 0.0295. The minimum atomic E-state index is -0.798. The van der Waals surface area contributed by atoms with E-state index in [4.69, 9.17) is 33.2 Å². The van der Waals surface area contributed by atoms with Crippen LogP contribution in [-0.4, -0.2) is 119 Å². The van der Waals surface area contributed by atoms with Gasteiger partial charge in [0.05, 0.1) is 41.5 Å². The molecule has 418 valence electrons. The monoisotopic (exact) mass is 1080 g/mol. The number of rotatable bonds is 27. The van der Waals surface area contributed by atoms with Crippen LogP contribution in [0.2, 0.25) is 0 Å². The number of benzene rings is 4. The molecule has 3 aliphatic heterocycles. The predicted molar refractivity (Wildman–Crippen MR) is 289 cm³/mol. The van der Waals surface area contributed by atoms with Crippen LogP contribution >= 0.6 is 0 Å². The van der Waals surface area contributed by atoms with Gasteiger partial charge >= 0.3 is 5.97 Å². The van der Waals surface area contributed by atoms with Gasteiger partial charge < -0.3 is 53.6 Å². The molecule has 0 saturated carbocycles. The fourth-order valence-corrected chi connectivity index (χ4v) is 10.4. The number of nitrogens with one attached hydrogen (secondary N) is 3. The molecule has 0 bridgehead atoms. The zero-order valence-corrected chi connectivity index (χ0v) is 45.6. The van der Waals surface area contributed by atoms with E-state index in [1.165, 1.54) is 26.2 Å². The van der Waals surface area contributed by atoms with Crippen LogP contribution in [-0.2, 0) is 46.5 Å². The summed E-state index contributed by atoms with van der Waals surface area (Å²) in [5.74, 6) is 0.0939. The number of aryl methyl sites for hydroxylation is 1. The number of imide groups is 1. The standard InChI is InChI=1S/C59H73N5O14/c1-7-41(39-33-50(74-4)55(76-6)51(34-39)75-5)57(69)63-31-14-12-18-46(63)59(71)78-47(27-20-37-21-28-48(72-2)49(32-37)73-3)38-22-24-40(25-23-38)77-36-54(67)60-30-13-10-8-9-11-19-52(65)61-44-17-15-16-42-43(44)35-64(58(42)70)45-26-29-53(66)62-56(45)68/h15-17,21-25,28,32-34,41,45-47H,7-14,18-20,26-27,29-31,35-36H2,1-6H3,(H,60,67)(H,61,65)(H,62,66,68)/t41-,45?,46-,47+/m0/s1. The number of piperidine rings is 2.